The molecule has 2 aliphatic heterocycles. The van der Waals surface area contributed by atoms with Crippen molar-refractivity contribution in [2.45, 2.75) is 90.1 Å². The molecule has 1 aromatic heterocycles. The molecular formula is C40H48Cl3N5O6. The van der Waals surface area contributed by atoms with Gasteiger partial charge in [0.25, 0.3) is 0 Å². The zero-order valence-electron chi connectivity index (χ0n) is 31.4. The van der Waals surface area contributed by atoms with Crippen LogP contribution in [-0.4, -0.2) is 83.9 Å². The molecule has 3 amide bonds. The van der Waals surface area contributed by atoms with E-state index < -0.39 is 23.7 Å². The van der Waals surface area contributed by atoms with Gasteiger partial charge < -0.3 is 34.2 Å². The molecule has 1 N–H and O–H groups in total. The summed E-state index contributed by atoms with van der Waals surface area (Å²) < 4.78 is 16.7. The predicted octanol–water partition coefficient (Wildman–Crippen LogP) is 8.40. The molecule has 2 saturated heterocycles. The second kappa shape index (κ2) is 16.8. The van der Waals surface area contributed by atoms with Crippen LogP contribution in [0.5, 0.6) is 5.75 Å². The maximum absolute atomic E-state index is 14.8. The highest BCUT2D eigenvalue weighted by atomic mass is 35.5. The molecule has 1 saturated carbocycles. The van der Waals surface area contributed by atoms with Crippen molar-refractivity contribution < 1.29 is 28.6 Å². The van der Waals surface area contributed by atoms with Gasteiger partial charge in [0.15, 0.2) is 5.75 Å². The first-order valence-corrected chi connectivity index (χ1v) is 19.5. The molecule has 14 heteroatoms. The Morgan fingerprint density at radius 1 is 0.944 bits per heavy atom. The standard InChI is InChI=1S/C40H48Cl3N5O6/c1-24-16-33(42)36(34(43)17-24)53-29-12-14-46(22-29)35-11-7-26(20-44-35)30-13-15-47(39(51)54-40(2,3)4)23-31(30)37(49)48(28-8-9-28)21-27-18-25(6-10-32(27)41)19-45-38(50)52-5/h6-7,10-11,16-18,20,28-31H,8-9,12-15,19,21-23H2,1-5H3,(H,45,50)/t29-,30?,31?/m0/s1. The number of hydrogen-bond donors (Lipinski definition) is 1. The minimum Gasteiger partial charge on any atom is -0.485 e. The van der Waals surface area contributed by atoms with Crippen molar-refractivity contribution >= 4 is 58.7 Å². The summed E-state index contributed by atoms with van der Waals surface area (Å²) in [6, 6.07) is 13.3. The minimum absolute atomic E-state index is 0.0399. The lowest BCUT2D eigenvalue weighted by Gasteiger charge is -2.40. The van der Waals surface area contributed by atoms with Crippen molar-refractivity contribution in [1.29, 1.82) is 0 Å². The maximum Gasteiger partial charge on any atom is 0.410 e. The van der Waals surface area contributed by atoms with Gasteiger partial charge in [-0.25, -0.2) is 14.6 Å². The Bertz CT molecular complexity index is 1830. The molecule has 11 nitrogen and oxygen atoms in total. The summed E-state index contributed by atoms with van der Waals surface area (Å²) in [7, 11) is 1.31. The fourth-order valence-electron chi connectivity index (χ4n) is 7.17. The summed E-state index contributed by atoms with van der Waals surface area (Å²) in [5.74, 6) is 0.567. The van der Waals surface area contributed by atoms with E-state index in [-0.39, 0.29) is 37.1 Å². The van der Waals surface area contributed by atoms with Crippen LogP contribution >= 0.6 is 34.8 Å². The molecule has 1 aliphatic carbocycles. The Balaban J connectivity index is 1.20. The highest BCUT2D eigenvalue weighted by Gasteiger charge is 2.43. The molecule has 3 atom stereocenters. The second-order valence-electron chi connectivity index (χ2n) is 15.4. The number of aromatic nitrogens is 1. The first kappa shape index (κ1) is 39.8. The molecule has 3 heterocycles. The van der Waals surface area contributed by atoms with Gasteiger partial charge >= 0.3 is 12.2 Å². The van der Waals surface area contributed by atoms with Gasteiger partial charge in [0.1, 0.15) is 17.5 Å². The summed E-state index contributed by atoms with van der Waals surface area (Å²) in [5.41, 5.74) is 2.85. The number of likely N-dealkylation sites (tertiary alicyclic amines) is 1. The molecular weight excluding hydrogens is 753 g/mol. The summed E-state index contributed by atoms with van der Waals surface area (Å²) in [6.45, 7) is 10.1. The van der Waals surface area contributed by atoms with Crippen LogP contribution in [0.15, 0.2) is 48.7 Å². The van der Waals surface area contributed by atoms with E-state index in [0.717, 1.165) is 53.9 Å². The van der Waals surface area contributed by atoms with Gasteiger partial charge in [-0.2, -0.15) is 0 Å². The number of anilines is 1. The molecule has 2 aromatic carbocycles. The van der Waals surface area contributed by atoms with Crippen molar-refractivity contribution in [3.05, 3.63) is 86.0 Å². The van der Waals surface area contributed by atoms with Crippen LogP contribution in [0.25, 0.3) is 0 Å². The highest BCUT2D eigenvalue weighted by molar-refractivity contribution is 6.37. The Morgan fingerprint density at radius 3 is 2.33 bits per heavy atom. The number of hydrogen-bond acceptors (Lipinski definition) is 8. The molecule has 0 spiro atoms. The van der Waals surface area contributed by atoms with Gasteiger partial charge in [-0.3, -0.25) is 4.79 Å². The highest BCUT2D eigenvalue weighted by Crippen LogP contribution is 2.40. The first-order chi connectivity index (χ1) is 25.7. The van der Waals surface area contributed by atoms with Gasteiger partial charge in [-0.05, 0) is 93.5 Å². The fourth-order valence-corrected chi connectivity index (χ4v) is 8.03. The zero-order valence-corrected chi connectivity index (χ0v) is 33.6. The average Bonchev–Trinajstić information content (AvgIpc) is 3.87. The van der Waals surface area contributed by atoms with Crippen molar-refractivity contribution in [2.75, 3.05) is 38.2 Å². The number of methoxy groups -OCH3 is 1. The topological polar surface area (TPSA) is 114 Å². The van der Waals surface area contributed by atoms with E-state index in [4.69, 9.17) is 54.0 Å². The third-order valence-electron chi connectivity index (χ3n) is 10.0. The van der Waals surface area contributed by atoms with Gasteiger partial charge in [0.2, 0.25) is 5.91 Å². The number of carbonyl (C=O) groups excluding carboxylic acids is 3. The lowest BCUT2D eigenvalue weighted by molar-refractivity contribution is -0.139. The van der Waals surface area contributed by atoms with Crippen LogP contribution in [0.1, 0.15) is 74.6 Å². The van der Waals surface area contributed by atoms with Crippen LogP contribution < -0.4 is 15.0 Å². The number of piperidine rings is 1. The number of halogens is 3. The number of rotatable bonds is 10. The number of nitrogens with one attached hydrogen (secondary N) is 1. The number of nitrogens with zero attached hydrogens (tertiary/aromatic N) is 4. The van der Waals surface area contributed by atoms with Crippen molar-refractivity contribution in [1.82, 2.24) is 20.1 Å². The van der Waals surface area contributed by atoms with Gasteiger partial charge in [0.05, 0.1) is 29.6 Å². The van der Waals surface area contributed by atoms with E-state index >= 15 is 0 Å². The molecule has 2 unspecified atom stereocenters. The number of benzene rings is 2. The van der Waals surface area contributed by atoms with Crippen LogP contribution in [-0.2, 0) is 27.4 Å². The number of pyridine rings is 1. The molecule has 290 valence electrons. The van der Waals surface area contributed by atoms with Crippen LogP contribution in [0.2, 0.25) is 15.1 Å². The van der Waals surface area contributed by atoms with Gasteiger partial charge in [0, 0.05) is 62.3 Å². The molecule has 3 aliphatic rings. The fraction of sp³-hybridized carbons (Fsp3) is 0.500. The average molecular weight is 801 g/mol. The Kier molecular flexibility index (Phi) is 12.4. The predicted molar refractivity (Wildman–Crippen MR) is 210 cm³/mol. The first-order valence-electron chi connectivity index (χ1n) is 18.4. The number of alkyl carbamates (subject to hydrolysis) is 1. The number of aryl methyl sites for hydroxylation is 1. The Hall–Kier alpha value is -3.93. The lowest BCUT2D eigenvalue weighted by Crippen LogP contribution is -2.51. The SMILES string of the molecule is COC(=O)NCc1ccc(Cl)c(CN(C(=O)C2CN(C(=O)OC(C)(C)C)CCC2c2ccc(N3CC[C@H](Oc4c(Cl)cc(C)cc4Cl)C3)nc2)C2CC2)c1. The Morgan fingerprint density at radius 2 is 1.69 bits per heavy atom. The smallest absolute Gasteiger partial charge is 0.410 e. The van der Waals surface area contributed by atoms with E-state index in [1.807, 2.05) is 69.1 Å². The molecule has 54 heavy (non-hydrogen) atoms. The summed E-state index contributed by atoms with van der Waals surface area (Å²) in [5, 5.41) is 4.21. The Labute approximate surface area is 332 Å². The third kappa shape index (κ3) is 9.83. The van der Waals surface area contributed by atoms with E-state index in [9.17, 15) is 14.4 Å². The number of amides is 3. The summed E-state index contributed by atoms with van der Waals surface area (Å²) >= 11 is 19.6. The molecule has 0 radical (unpaired) electrons. The molecule has 6 rings (SSSR count). The number of carbonyl (C=O) groups is 3. The normalized spacial score (nSPS) is 20.0. The summed E-state index contributed by atoms with van der Waals surface area (Å²) in [6.07, 6.45) is 3.93. The van der Waals surface area contributed by atoms with E-state index in [1.54, 1.807) is 11.0 Å². The molecule has 3 aromatic rings. The minimum atomic E-state index is -0.671. The van der Waals surface area contributed by atoms with Crippen molar-refractivity contribution in [3.8, 4) is 5.75 Å². The van der Waals surface area contributed by atoms with E-state index in [1.165, 1.54) is 7.11 Å². The van der Waals surface area contributed by atoms with Crippen LogP contribution in [0.3, 0.4) is 0 Å². The van der Waals surface area contributed by atoms with Crippen LogP contribution in [0, 0.1) is 12.8 Å². The molecule has 0 bridgehead atoms. The quantitative estimate of drug-likeness (QED) is 0.218. The second-order valence-corrected chi connectivity index (χ2v) is 16.6. The van der Waals surface area contributed by atoms with Crippen LogP contribution in [0.4, 0.5) is 15.4 Å². The van der Waals surface area contributed by atoms with E-state index in [2.05, 4.69) is 16.3 Å². The monoisotopic (exact) mass is 799 g/mol. The van der Waals surface area contributed by atoms with Crippen molar-refractivity contribution in [2.24, 2.45) is 5.92 Å². The van der Waals surface area contributed by atoms with Gasteiger partial charge in [-0.1, -0.05) is 53.0 Å². The third-order valence-corrected chi connectivity index (χ3v) is 11.0. The van der Waals surface area contributed by atoms with Gasteiger partial charge in [-0.15, -0.1) is 0 Å². The lowest BCUT2D eigenvalue weighted by atomic mass is 9.80. The molecule has 3 fully saturated rings. The maximum atomic E-state index is 14.8. The zero-order chi connectivity index (χ0) is 38.7. The number of ether oxygens (including phenoxy) is 3. The summed E-state index contributed by atoms with van der Waals surface area (Å²) in [4.78, 5) is 50.4. The van der Waals surface area contributed by atoms with E-state index in [0.29, 0.717) is 46.9 Å². The largest absolute Gasteiger partial charge is 0.485 e. The van der Waals surface area contributed by atoms with Crippen molar-refractivity contribution in [3.63, 3.8) is 0 Å².